The van der Waals surface area contributed by atoms with Gasteiger partial charge in [0.1, 0.15) is 0 Å². The Balaban J connectivity index is 1.79. The van der Waals surface area contributed by atoms with E-state index in [2.05, 4.69) is 22.3 Å². The van der Waals surface area contributed by atoms with Crippen LogP contribution < -0.4 is 5.32 Å². The Morgan fingerprint density at radius 2 is 1.73 bits per heavy atom. The maximum Gasteiger partial charge on any atom is 0.295 e. The lowest BCUT2D eigenvalue weighted by molar-refractivity contribution is 0.101. The van der Waals surface area contributed by atoms with Crippen LogP contribution in [0.25, 0.3) is 17.1 Å². The van der Waals surface area contributed by atoms with E-state index in [0.717, 1.165) is 22.4 Å². The molecule has 0 aliphatic rings. The van der Waals surface area contributed by atoms with Crippen LogP contribution in [0.4, 0.5) is 5.69 Å². The molecule has 1 N–H and O–H groups in total. The first-order chi connectivity index (χ1) is 14.4. The predicted octanol–water partition coefficient (Wildman–Crippen LogP) is 5.77. The maximum atomic E-state index is 12.9. The van der Waals surface area contributed by atoms with Gasteiger partial charge in [-0.25, -0.2) is 9.67 Å². The second kappa shape index (κ2) is 8.13. The molecular weight excluding hydrogens is 396 g/mol. The van der Waals surface area contributed by atoms with Crippen molar-refractivity contribution in [1.29, 1.82) is 0 Å². The molecule has 1 aromatic heterocycles. The molecule has 0 saturated carbocycles. The van der Waals surface area contributed by atoms with Crippen molar-refractivity contribution in [1.82, 2.24) is 14.8 Å². The van der Waals surface area contributed by atoms with E-state index < -0.39 is 0 Å². The quantitative estimate of drug-likeness (QED) is 0.459. The van der Waals surface area contributed by atoms with Crippen molar-refractivity contribution in [3.63, 3.8) is 0 Å². The summed E-state index contributed by atoms with van der Waals surface area (Å²) in [6.07, 6.45) is 0. The number of carbonyl (C=O) groups is 1. The molecule has 4 aromatic rings. The van der Waals surface area contributed by atoms with Crippen LogP contribution in [0, 0.1) is 20.8 Å². The molecule has 3 aromatic carbocycles. The number of amides is 1. The van der Waals surface area contributed by atoms with Crippen LogP contribution in [0.15, 0.2) is 66.7 Å². The van der Waals surface area contributed by atoms with Gasteiger partial charge in [-0.05, 0) is 73.9 Å². The number of benzene rings is 3. The lowest BCUT2D eigenvalue weighted by Gasteiger charge is -2.08. The minimum atomic E-state index is -0.369. The summed E-state index contributed by atoms with van der Waals surface area (Å²) >= 11 is 6.19. The Bertz CT molecular complexity index is 1250. The Labute approximate surface area is 180 Å². The molecule has 0 aliphatic carbocycles. The van der Waals surface area contributed by atoms with Gasteiger partial charge in [0.25, 0.3) is 5.91 Å². The summed E-state index contributed by atoms with van der Waals surface area (Å²) in [6.45, 7) is 6.07. The molecule has 6 heteroatoms. The van der Waals surface area contributed by atoms with Crippen LogP contribution in [-0.4, -0.2) is 20.7 Å². The number of aromatic nitrogens is 3. The zero-order valence-electron chi connectivity index (χ0n) is 17.0. The molecule has 0 bridgehead atoms. The minimum absolute atomic E-state index is 0.0877. The summed E-state index contributed by atoms with van der Waals surface area (Å²) in [7, 11) is 0. The first-order valence-corrected chi connectivity index (χ1v) is 9.97. The molecule has 0 aliphatic heterocycles. The van der Waals surface area contributed by atoms with Gasteiger partial charge in [0.2, 0.25) is 5.82 Å². The summed E-state index contributed by atoms with van der Waals surface area (Å²) < 4.78 is 1.68. The van der Waals surface area contributed by atoms with E-state index in [4.69, 9.17) is 11.6 Å². The van der Waals surface area contributed by atoms with Gasteiger partial charge >= 0.3 is 0 Å². The molecule has 0 fully saturated rings. The minimum Gasteiger partial charge on any atom is -0.319 e. The summed E-state index contributed by atoms with van der Waals surface area (Å²) in [4.78, 5) is 17.4. The van der Waals surface area contributed by atoms with Crippen molar-refractivity contribution in [2.75, 3.05) is 5.32 Å². The van der Waals surface area contributed by atoms with E-state index in [0.29, 0.717) is 16.5 Å². The molecule has 0 saturated heterocycles. The highest BCUT2D eigenvalue weighted by Crippen LogP contribution is 2.25. The van der Waals surface area contributed by atoms with Crippen molar-refractivity contribution in [2.24, 2.45) is 0 Å². The van der Waals surface area contributed by atoms with E-state index in [1.807, 2.05) is 74.5 Å². The van der Waals surface area contributed by atoms with Crippen molar-refractivity contribution in [3.05, 3.63) is 94.3 Å². The summed E-state index contributed by atoms with van der Waals surface area (Å²) in [5.41, 5.74) is 5.68. The van der Waals surface area contributed by atoms with Gasteiger partial charge in [0.05, 0.1) is 5.69 Å². The topological polar surface area (TPSA) is 59.8 Å². The van der Waals surface area contributed by atoms with Crippen LogP contribution in [-0.2, 0) is 0 Å². The number of aryl methyl sites for hydroxylation is 3. The first kappa shape index (κ1) is 19.9. The van der Waals surface area contributed by atoms with E-state index in [9.17, 15) is 4.79 Å². The lowest BCUT2D eigenvalue weighted by Crippen LogP contribution is -2.14. The zero-order valence-corrected chi connectivity index (χ0v) is 17.7. The average molecular weight is 417 g/mol. The van der Waals surface area contributed by atoms with Gasteiger partial charge in [-0.1, -0.05) is 41.9 Å². The monoisotopic (exact) mass is 416 g/mol. The van der Waals surface area contributed by atoms with E-state index in [1.54, 1.807) is 10.7 Å². The fraction of sp³-hybridized carbons (Fsp3) is 0.125. The third-order valence-corrected chi connectivity index (χ3v) is 5.14. The van der Waals surface area contributed by atoms with Crippen molar-refractivity contribution in [2.45, 2.75) is 20.8 Å². The molecule has 30 heavy (non-hydrogen) atoms. The van der Waals surface area contributed by atoms with Gasteiger partial charge in [-0.2, -0.15) is 0 Å². The molecular formula is C24H21ClN4O. The van der Waals surface area contributed by atoms with E-state index in [1.165, 1.54) is 5.56 Å². The molecule has 1 heterocycles. The van der Waals surface area contributed by atoms with Crippen LogP contribution in [0.2, 0.25) is 5.02 Å². The van der Waals surface area contributed by atoms with Crippen LogP contribution in [0.1, 0.15) is 27.3 Å². The van der Waals surface area contributed by atoms with Gasteiger partial charge in [0.15, 0.2) is 5.82 Å². The van der Waals surface area contributed by atoms with Crippen molar-refractivity contribution in [3.8, 4) is 17.1 Å². The van der Waals surface area contributed by atoms with Gasteiger partial charge in [-0.15, -0.1) is 5.10 Å². The largest absolute Gasteiger partial charge is 0.319 e. The van der Waals surface area contributed by atoms with Gasteiger partial charge < -0.3 is 5.32 Å². The summed E-state index contributed by atoms with van der Waals surface area (Å²) in [5.74, 6) is 0.270. The fourth-order valence-electron chi connectivity index (χ4n) is 3.17. The molecule has 1 amide bonds. The fourth-order valence-corrected chi connectivity index (χ4v) is 3.36. The van der Waals surface area contributed by atoms with Crippen molar-refractivity contribution >= 4 is 23.2 Å². The molecule has 5 nitrogen and oxygen atoms in total. The standard InChI is InChI=1S/C24H21ClN4O/c1-15-6-4-9-20(12-15)26-24(30)22-27-23(18-7-5-8-19(25)14-18)29(28-22)21-11-10-16(2)17(3)13-21/h4-14H,1-3H3,(H,26,30). The van der Waals surface area contributed by atoms with Crippen molar-refractivity contribution < 1.29 is 4.79 Å². The lowest BCUT2D eigenvalue weighted by atomic mass is 10.1. The van der Waals surface area contributed by atoms with Crippen LogP contribution >= 0.6 is 11.6 Å². The number of nitrogens with one attached hydrogen (secondary N) is 1. The average Bonchev–Trinajstić information content (AvgIpc) is 3.16. The second-order valence-electron chi connectivity index (χ2n) is 7.27. The molecule has 0 radical (unpaired) electrons. The van der Waals surface area contributed by atoms with E-state index >= 15 is 0 Å². The number of carbonyl (C=O) groups excluding carboxylic acids is 1. The zero-order chi connectivity index (χ0) is 21.3. The number of hydrogen-bond donors (Lipinski definition) is 1. The molecule has 0 atom stereocenters. The molecule has 0 spiro atoms. The van der Waals surface area contributed by atoms with Crippen LogP contribution in [0.3, 0.4) is 0 Å². The number of anilines is 1. The third kappa shape index (κ3) is 4.11. The number of rotatable bonds is 4. The summed E-state index contributed by atoms with van der Waals surface area (Å²) in [6, 6.07) is 21.0. The first-order valence-electron chi connectivity index (χ1n) is 9.59. The Kier molecular flexibility index (Phi) is 5.38. The smallest absolute Gasteiger partial charge is 0.295 e. The molecule has 0 unspecified atom stereocenters. The van der Waals surface area contributed by atoms with Gasteiger partial charge in [-0.3, -0.25) is 4.79 Å². The maximum absolute atomic E-state index is 12.9. The number of nitrogens with zero attached hydrogens (tertiary/aromatic N) is 3. The highest BCUT2D eigenvalue weighted by molar-refractivity contribution is 6.30. The SMILES string of the molecule is Cc1cccc(NC(=O)c2nc(-c3cccc(Cl)c3)n(-c3ccc(C)c(C)c3)n2)c1. The van der Waals surface area contributed by atoms with Gasteiger partial charge in [0, 0.05) is 16.3 Å². The van der Waals surface area contributed by atoms with Crippen LogP contribution in [0.5, 0.6) is 0 Å². The second-order valence-corrected chi connectivity index (χ2v) is 7.71. The highest BCUT2D eigenvalue weighted by atomic mass is 35.5. The Morgan fingerprint density at radius 1 is 0.933 bits per heavy atom. The number of hydrogen-bond acceptors (Lipinski definition) is 3. The normalized spacial score (nSPS) is 10.8. The molecule has 150 valence electrons. The summed E-state index contributed by atoms with van der Waals surface area (Å²) in [5, 5.41) is 7.99. The molecule has 4 rings (SSSR count). The third-order valence-electron chi connectivity index (χ3n) is 4.90. The Hall–Kier alpha value is -3.44. The number of halogens is 1. The Morgan fingerprint density at radius 3 is 2.47 bits per heavy atom. The highest BCUT2D eigenvalue weighted by Gasteiger charge is 2.19. The predicted molar refractivity (Wildman–Crippen MR) is 120 cm³/mol. The van der Waals surface area contributed by atoms with E-state index in [-0.39, 0.29) is 11.7 Å².